The lowest BCUT2D eigenvalue weighted by Crippen LogP contribution is -2.11. The third-order valence-corrected chi connectivity index (χ3v) is 4.26. The van der Waals surface area contributed by atoms with Crippen molar-refractivity contribution in [2.45, 2.75) is 0 Å². The van der Waals surface area contributed by atoms with E-state index < -0.39 is 0 Å². The van der Waals surface area contributed by atoms with Gasteiger partial charge in [0, 0.05) is 26.7 Å². The van der Waals surface area contributed by atoms with Gasteiger partial charge in [-0.2, -0.15) is 0 Å². The molecule has 0 saturated carbocycles. The summed E-state index contributed by atoms with van der Waals surface area (Å²) < 4.78 is 5.50. The van der Waals surface area contributed by atoms with Crippen molar-refractivity contribution >= 4 is 34.8 Å². The molecule has 26 heavy (non-hydrogen) atoms. The van der Waals surface area contributed by atoms with Crippen LogP contribution in [0.5, 0.6) is 5.75 Å². The molecule has 5 heteroatoms. The van der Waals surface area contributed by atoms with Crippen molar-refractivity contribution in [2.24, 2.45) is 0 Å². The molecule has 0 unspecified atom stereocenters. The summed E-state index contributed by atoms with van der Waals surface area (Å²) in [6, 6.07) is 20.0. The maximum Gasteiger partial charge on any atom is 0.200 e. The van der Waals surface area contributed by atoms with Crippen LogP contribution in [0.1, 0.15) is 26.3 Å². The molecule has 3 aromatic rings. The van der Waals surface area contributed by atoms with Crippen molar-refractivity contribution in [3.8, 4) is 5.75 Å². The fourth-order valence-corrected chi connectivity index (χ4v) is 2.59. The highest BCUT2D eigenvalue weighted by molar-refractivity contribution is 6.31. The molecule has 0 amide bonds. The molecular weight excluding hydrogens is 371 g/mol. The standard InChI is InChI=1S/C21H14Cl2O3/c22-17-7-1-14(2-8-17)20(24)13-26-19-11-5-16(6-12-19)21(25)15-3-9-18(23)10-4-15/h1-12H,13H2. The normalized spacial score (nSPS) is 10.4. The maximum atomic E-state index is 12.4. The zero-order chi connectivity index (χ0) is 18.5. The summed E-state index contributed by atoms with van der Waals surface area (Å²) >= 11 is 11.6. The fraction of sp³-hybridized carbons (Fsp3) is 0.0476. The molecule has 0 radical (unpaired) electrons. The van der Waals surface area contributed by atoms with Gasteiger partial charge in [0.25, 0.3) is 0 Å². The second-order valence-corrected chi connectivity index (χ2v) is 6.45. The number of carbonyl (C=O) groups excluding carboxylic acids is 2. The molecular formula is C21H14Cl2O3. The molecule has 0 saturated heterocycles. The lowest BCUT2D eigenvalue weighted by molar-refractivity contribution is 0.0920. The zero-order valence-corrected chi connectivity index (χ0v) is 15.1. The van der Waals surface area contributed by atoms with Crippen LogP contribution < -0.4 is 4.74 Å². The van der Waals surface area contributed by atoms with E-state index in [9.17, 15) is 9.59 Å². The van der Waals surface area contributed by atoms with Gasteiger partial charge in [-0.05, 0) is 72.8 Å². The highest BCUT2D eigenvalue weighted by Crippen LogP contribution is 2.18. The fourth-order valence-electron chi connectivity index (χ4n) is 2.34. The Hall–Kier alpha value is -2.62. The van der Waals surface area contributed by atoms with E-state index in [0.717, 1.165) is 0 Å². The summed E-state index contributed by atoms with van der Waals surface area (Å²) in [4.78, 5) is 24.5. The molecule has 0 aliphatic rings. The van der Waals surface area contributed by atoms with Crippen molar-refractivity contribution in [2.75, 3.05) is 6.61 Å². The molecule has 3 aromatic carbocycles. The molecule has 0 aromatic heterocycles. The van der Waals surface area contributed by atoms with E-state index in [0.29, 0.717) is 32.5 Å². The van der Waals surface area contributed by atoms with E-state index in [-0.39, 0.29) is 18.2 Å². The zero-order valence-electron chi connectivity index (χ0n) is 13.6. The van der Waals surface area contributed by atoms with E-state index in [1.807, 2.05) is 0 Å². The average molecular weight is 385 g/mol. The summed E-state index contributed by atoms with van der Waals surface area (Å²) in [7, 11) is 0. The van der Waals surface area contributed by atoms with Crippen LogP contribution in [0, 0.1) is 0 Å². The van der Waals surface area contributed by atoms with Crippen LogP contribution in [0.3, 0.4) is 0 Å². The SMILES string of the molecule is O=C(COc1ccc(C(=O)c2ccc(Cl)cc2)cc1)c1ccc(Cl)cc1. The number of rotatable bonds is 6. The first-order chi connectivity index (χ1) is 12.5. The Kier molecular flexibility index (Phi) is 5.71. The number of hydrogen-bond donors (Lipinski definition) is 0. The molecule has 3 rings (SSSR count). The van der Waals surface area contributed by atoms with Crippen LogP contribution in [-0.4, -0.2) is 18.2 Å². The number of hydrogen-bond acceptors (Lipinski definition) is 3. The number of carbonyl (C=O) groups is 2. The lowest BCUT2D eigenvalue weighted by Gasteiger charge is -2.07. The average Bonchev–Trinajstić information content (AvgIpc) is 2.67. The van der Waals surface area contributed by atoms with E-state index in [1.54, 1.807) is 72.8 Å². The van der Waals surface area contributed by atoms with Crippen molar-refractivity contribution in [3.05, 3.63) is 99.5 Å². The van der Waals surface area contributed by atoms with Gasteiger partial charge in [0.05, 0.1) is 0 Å². The Morgan fingerprint density at radius 2 is 1.08 bits per heavy atom. The van der Waals surface area contributed by atoms with Gasteiger partial charge in [-0.3, -0.25) is 9.59 Å². The van der Waals surface area contributed by atoms with Crippen LogP contribution in [0.25, 0.3) is 0 Å². The predicted octanol–water partition coefficient (Wildman–Crippen LogP) is 5.49. The van der Waals surface area contributed by atoms with E-state index >= 15 is 0 Å². The number of halogens is 2. The van der Waals surface area contributed by atoms with Crippen LogP contribution in [-0.2, 0) is 0 Å². The molecule has 0 N–H and O–H groups in total. The van der Waals surface area contributed by atoms with Crippen molar-refractivity contribution in [1.82, 2.24) is 0 Å². The van der Waals surface area contributed by atoms with Gasteiger partial charge in [-0.15, -0.1) is 0 Å². The van der Waals surface area contributed by atoms with Gasteiger partial charge in [0.1, 0.15) is 5.75 Å². The molecule has 0 heterocycles. The summed E-state index contributed by atoms with van der Waals surface area (Å²) in [6.07, 6.45) is 0. The monoisotopic (exact) mass is 384 g/mol. The van der Waals surface area contributed by atoms with Gasteiger partial charge in [-0.1, -0.05) is 23.2 Å². The first kappa shape index (κ1) is 18.2. The Labute approximate surface area is 161 Å². The minimum Gasteiger partial charge on any atom is -0.485 e. The summed E-state index contributed by atoms with van der Waals surface area (Å²) in [5.74, 6) is 0.258. The first-order valence-electron chi connectivity index (χ1n) is 7.85. The van der Waals surface area contributed by atoms with Crippen molar-refractivity contribution in [3.63, 3.8) is 0 Å². The maximum absolute atomic E-state index is 12.4. The van der Waals surface area contributed by atoms with Gasteiger partial charge >= 0.3 is 0 Å². The van der Waals surface area contributed by atoms with Crippen LogP contribution >= 0.6 is 23.2 Å². The quantitative estimate of drug-likeness (QED) is 0.528. The van der Waals surface area contributed by atoms with Crippen LogP contribution in [0.2, 0.25) is 10.0 Å². The van der Waals surface area contributed by atoms with Gasteiger partial charge in [0.2, 0.25) is 0 Å². The van der Waals surface area contributed by atoms with Gasteiger partial charge in [0.15, 0.2) is 18.2 Å². The lowest BCUT2D eigenvalue weighted by atomic mass is 10.0. The van der Waals surface area contributed by atoms with E-state index in [1.165, 1.54) is 0 Å². The molecule has 0 atom stereocenters. The molecule has 0 fully saturated rings. The van der Waals surface area contributed by atoms with Crippen molar-refractivity contribution < 1.29 is 14.3 Å². The molecule has 0 aliphatic heterocycles. The summed E-state index contributed by atoms with van der Waals surface area (Å²) in [6.45, 7) is -0.0912. The Balaban J connectivity index is 1.62. The largest absolute Gasteiger partial charge is 0.485 e. The van der Waals surface area contributed by atoms with E-state index in [2.05, 4.69) is 0 Å². The topological polar surface area (TPSA) is 43.4 Å². The number of benzene rings is 3. The van der Waals surface area contributed by atoms with Crippen molar-refractivity contribution in [1.29, 1.82) is 0 Å². The molecule has 130 valence electrons. The molecule has 0 aliphatic carbocycles. The Morgan fingerprint density at radius 3 is 1.58 bits per heavy atom. The highest BCUT2D eigenvalue weighted by Gasteiger charge is 2.10. The highest BCUT2D eigenvalue weighted by atomic mass is 35.5. The second kappa shape index (κ2) is 8.17. The number of ether oxygens (including phenoxy) is 1. The van der Waals surface area contributed by atoms with E-state index in [4.69, 9.17) is 27.9 Å². The predicted molar refractivity (Wildman–Crippen MR) is 103 cm³/mol. The summed E-state index contributed by atoms with van der Waals surface area (Å²) in [5.41, 5.74) is 1.62. The van der Waals surface area contributed by atoms with Crippen LogP contribution in [0.4, 0.5) is 0 Å². The first-order valence-corrected chi connectivity index (χ1v) is 8.60. The minimum atomic E-state index is -0.150. The second-order valence-electron chi connectivity index (χ2n) is 5.58. The third kappa shape index (κ3) is 4.51. The smallest absolute Gasteiger partial charge is 0.200 e. The number of Topliss-reactive ketones (excluding diaryl/α,β-unsaturated/α-hetero) is 1. The molecule has 0 bridgehead atoms. The van der Waals surface area contributed by atoms with Crippen LogP contribution in [0.15, 0.2) is 72.8 Å². The molecule has 0 spiro atoms. The minimum absolute atomic E-state index is 0.0912. The van der Waals surface area contributed by atoms with Gasteiger partial charge in [-0.25, -0.2) is 0 Å². The van der Waals surface area contributed by atoms with Gasteiger partial charge < -0.3 is 4.74 Å². The Bertz CT molecular complexity index is 915. The number of ketones is 2. The molecule has 3 nitrogen and oxygen atoms in total. The Morgan fingerprint density at radius 1 is 0.654 bits per heavy atom. The summed E-state index contributed by atoms with van der Waals surface area (Å²) in [5, 5.41) is 1.15. The third-order valence-electron chi connectivity index (χ3n) is 3.76.